The molecule has 1 N–H and O–H groups in total. The van der Waals surface area contributed by atoms with Gasteiger partial charge < -0.3 is 14.8 Å². The average molecular weight is 223 g/mol. The van der Waals surface area contributed by atoms with Crippen molar-refractivity contribution in [3.63, 3.8) is 0 Å². The molecule has 0 aliphatic rings. The fourth-order valence-electron chi connectivity index (χ4n) is 1.62. The van der Waals surface area contributed by atoms with Gasteiger partial charge >= 0.3 is 0 Å². The van der Waals surface area contributed by atoms with E-state index < -0.39 is 0 Å². The van der Waals surface area contributed by atoms with Crippen LogP contribution >= 0.6 is 0 Å². The predicted molar refractivity (Wildman–Crippen MR) is 67.3 cm³/mol. The van der Waals surface area contributed by atoms with E-state index in [1.54, 1.807) is 14.2 Å². The maximum atomic E-state index is 5.22. The summed E-state index contributed by atoms with van der Waals surface area (Å²) >= 11 is 0. The van der Waals surface area contributed by atoms with E-state index in [1.807, 2.05) is 19.1 Å². The highest BCUT2D eigenvalue weighted by atomic mass is 16.5. The van der Waals surface area contributed by atoms with Crippen LogP contribution in [0.2, 0.25) is 0 Å². The van der Waals surface area contributed by atoms with Gasteiger partial charge in [0, 0.05) is 19.3 Å². The standard InChI is InChI=1S/C13H21NO2/c1-10(9-15-3)8-14-12-5-6-13(16-4)11(2)7-12/h5-7,10,14H,8-9H2,1-4H3. The molecule has 16 heavy (non-hydrogen) atoms. The van der Waals surface area contributed by atoms with Crippen LogP contribution in [0.15, 0.2) is 18.2 Å². The molecule has 3 heteroatoms. The monoisotopic (exact) mass is 223 g/mol. The molecule has 0 aromatic heterocycles. The van der Waals surface area contributed by atoms with Crippen LogP contribution in [0.1, 0.15) is 12.5 Å². The highest BCUT2D eigenvalue weighted by Crippen LogP contribution is 2.21. The Bertz CT molecular complexity index is 326. The smallest absolute Gasteiger partial charge is 0.121 e. The van der Waals surface area contributed by atoms with Gasteiger partial charge in [0.2, 0.25) is 0 Å². The van der Waals surface area contributed by atoms with Crippen LogP contribution in [-0.4, -0.2) is 27.4 Å². The molecule has 0 heterocycles. The molecule has 0 aliphatic carbocycles. The van der Waals surface area contributed by atoms with Crippen molar-refractivity contribution in [1.29, 1.82) is 0 Å². The van der Waals surface area contributed by atoms with Gasteiger partial charge in [-0.25, -0.2) is 0 Å². The van der Waals surface area contributed by atoms with Gasteiger partial charge in [-0.2, -0.15) is 0 Å². The average Bonchev–Trinajstić information content (AvgIpc) is 2.27. The van der Waals surface area contributed by atoms with Gasteiger partial charge in [0.1, 0.15) is 5.75 Å². The van der Waals surface area contributed by atoms with Crippen molar-refractivity contribution in [3.05, 3.63) is 23.8 Å². The van der Waals surface area contributed by atoms with E-state index in [-0.39, 0.29) is 0 Å². The molecule has 0 bridgehead atoms. The van der Waals surface area contributed by atoms with E-state index >= 15 is 0 Å². The van der Waals surface area contributed by atoms with E-state index in [0.717, 1.165) is 30.2 Å². The molecule has 0 aliphatic heterocycles. The summed E-state index contributed by atoms with van der Waals surface area (Å²) < 4.78 is 10.3. The number of benzene rings is 1. The third kappa shape index (κ3) is 3.74. The summed E-state index contributed by atoms with van der Waals surface area (Å²) in [6, 6.07) is 6.11. The number of anilines is 1. The molecule has 0 saturated heterocycles. The molecule has 1 aromatic rings. The predicted octanol–water partition coefficient (Wildman–Crippen LogP) is 2.70. The fraction of sp³-hybridized carbons (Fsp3) is 0.538. The Kier molecular flexibility index (Phi) is 5.12. The van der Waals surface area contributed by atoms with Gasteiger partial charge in [0.05, 0.1) is 13.7 Å². The molecule has 1 aromatic carbocycles. The molecule has 0 spiro atoms. The molecule has 90 valence electrons. The number of rotatable bonds is 6. The highest BCUT2D eigenvalue weighted by molar-refractivity contribution is 5.50. The largest absolute Gasteiger partial charge is 0.496 e. The second-order valence-electron chi connectivity index (χ2n) is 4.13. The van der Waals surface area contributed by atoms with Gasteiger partial charge in [-0.1, -0.05) is 6.92 Å². The Hall–Kier alpha value is -1.22. The molecule has 1 atom stereocenters. The first kappa shape index (κ1) is 12.8. The maximum Gasteiger partial charge on any atom is 0.121 e. The van der Waals surface area contributed by atoms with Gasteiger partial charge in [-0.3, -0.25) is 0 Å². The topological polar surface area (TPSA) is 30.5 Å². The zero-order valence-electron chi connectivity index (χ0n) is 10.5. The van der Waals surface area contributed by atoms with Gasteiger partial charge in [0.25, 0.3) is 0 Å². The lowest BCUT2D eigenvalue weighted by Gasteiger charge is -2.13. The van der Waals surface area contributed by atoms with Crippen LogP contribution in [-0.2, 0) is 4.74 Å². The zero-order valence-corrected chi connectivity index (χ0v) is 10.5. The SMILES string of the molecule is COCC(C)CNc1ccc(OC)c(C)c1. The van der Waals surface area contributed by atoms with Gasteiger partial charge in [0.15, 0.2) is 0 Å². The summed E-state index contributed by atoms with van der Waals surface area (Å²) in [7, 11) is 3.42. The second kappa shape index (κ2) is 6.38. The molecular formula is C13H21NO2. The van der Waals surface area contributed by atoms with Crippen molar-refractivity contribution in [2.45, 2.75) is 13.8 Å². The van der Waals surface area contributed by atoms with E-state index in [2.05, 4.69) is 18.3 Å². The number of ether oxygens (including phenoxy) is 2. The number of methoxy groups -OCH3 is 2. The second-order valence-corrected chi connectivity index (χ2v) is 4.13. The first-order valence-electron chi connectivity index (χ1n) is 5.54. The van der Waals surface area contributed by atoms with Crippen molar-refractivity contribution in [2.24, 2.45) is 5.92 Å². The molecule has 1 rings (SSSR count). The Balaban J connectivity index is 2.51. The first-order chi connectivity index (χ1) is 7.67. The van der Waals surface area contributed by atoms with E-state index in [1.165, 1.54) is 0 Å². The van der Waals surface area contributed by atoms with Crippen LogP contribution in [0.3, 0.4) is 0 Å². The minimum Gasteiger partial charge on any atom is -0.496 e. The van der Waals surface area contributed by atoms with Gasteiger partial charge in [-0.05, 0) is 36.6 Å². The maximum absolute atomic E-state index is 5.22. The molecule has 0 saturated carbocycles. The minimum atomic E-state index is 0.507. The van der Waals surface area contributed by atoms with Crippen molar-refractivity contribution in [2.75, 3.05) is 32.7 Å². The van der Waals surface area contributed by atoms with Crippen LogP contribution in [0.5, 0.6) is 5.75 Å². The van der Waals surface area contributed by atoms with E-state index in [0.29, 0.717) is 5.92 Å². The summed E-state index contributed by atoms with van der Waals surface area (Å²) in [5, 5.41) is 3.39. The van der Waals surface area contributed by atoms with Crippen LogP contribution in [0.25, 0.3) is 0 Å². The lowest BCUT2D eigenvalue weighted by molar-refractivity contribution is 0.164. The molecular weight excluding hydrogens is 202 g/mol. The molecule has 0 radical (unpaired) electrons. The lowest BCUT2D eigenvalue weighted by atomic mass is 10.1. The Morgan fingerprint density at radius 3 is 2.62 bits per heavy atom. The Morgan fingerprint density at radius 1 is 1.31 bits per heavy atom. The Morgan fingerprint density at radius 2 is 2.06 bits per heavy atom. The normalized spacial score (nSPS) is 12.2. The van der Waals surface area contributed by atoms with Gasteiger partial charge in [-0.15, -0.1) is 0 Å². The third-order valence-corrected chi connectivity index (χ3v) is 2.50. The summed E-state index contributed by atoms with van der Waals surface area (Å²) in [6.45, 7) is 5.90. The number of hydrogen-bond acceptors (Lipinski definition) is 3. The number of nitrogens with one attached hydrogen (secondary N) is 1. The van der Waals surface area contributed by atoms with E-state index in [4.69, 9.17) is 9.47 Å². The lowest BCUT2D eigenvalue weighted by Crippen LogP contribution is -2.15. The van der Waals surface area contributed by atoms with Crippen LogP contribution < -0.4 is 10.1 Å². The third-order valence-electron chi connectivity index (χ3n) is 2.50. The molecule has 0 fully saturated rings. The molecule has 1 unspecified atom stereocenters. The molecule has 0 amide bonds. The molecule has 3 nitrogen and oxygen atoms in total. The summed E-state index contributed by atoms with van der Waals surface area (Å²) in [4.78, 5) is 0. The number of aryl methyl sites for hydroxylation is 1. The summed E-state index contributed by atoms with van der Waals surface area (Å²) in [6.07, 6.45) is 0. The van der Waals surface area contributed by atoms with Crippen LogP contribution in [0.4, 0.5) is 5.69 Å². The van der Waals surface area contributed by atoms with Crippen LogP contribution in [0, 0.1) is 12.8 Å². The quantitative estimate of drug-likeness (QED) is 0.804. The highest BCUT2D eigenvalue weighted by Gasteiger charge is 2.03. The fourth-order valence-corrected chi connectivity index (χ4v) is 1.62. The Labute approximate surface area is 97.8 Å². The van der Waals surface area contributed by atoms with Crippen molar-refractivity contribution in [3.8, 4) is 5.75 Å². The van der Waals surface area contributed by atoms with E-state index in [9.17, 15) is 0 Å². The first-order valence-corrected chi connectivity index (χ1v) is 5.54. The van der Waals surface area contributed by atoms with Crippen molar-refractivity contribution in [1.82, 2.24) is 0 Å². The zero-order chi connectivity index (χ0) is 12.0. The summed E-state index contributed by atoms with van der Waals surface area (Å²) in [5.41, 5.74) is 2.27. The summed E-state index contributed by atoms with van der Waals surface area (Å²) in [5.74, 6) is 1.43. The minimum absolute atomic E-state index is 0.507. The van der Waals surface area contributed by atoms with Crippen molar-refractivity contribution < 1.29 is 9.47 Å². The number of hydrogen-bond donors (Lipinski definition) is 1. The van der Waals surface area contributed by atoms with Crippen molar-refractivity contribution >= 4 is 5.69 Å².